The zero-order chi connectivity index (χ0) is 23.5. The molecule has 0 unspecified atom stereocenters. The number of ether oxygens (including phenoxy) is 1. The van der Waals surface area contributed by atoms with Crippen molar-refractivity contribution in [3.05, 3.63) is 95.6 Å². The lowest BCUT2D eigenvalue weighted by molar-refractivity contribution is 0.0755. The van der Waals surface area contributed by atoms with Crippen LogP contribution in [0.4, 0.5) is 5.69 Å². The van der Waals surface area contributed by atoms with Crippen LogP contribution >= 0.6 is 0 Å². The molecular weight excluding hydrogens is 412 g/mol. The number of rotatable bonds is 11. The fraction of sp³-hybridized carbons (Fsp3) is 0.286. The Morgan fingerprint density at radius 2 is 1.39 bits per heavy atom. The molecule has 3 aromatic rings. The largest absolute Gasteiger partial charge is 0.493 e. The Morgan fingerprint density at radius 3 is 2.00 bits per heavy atom. The van der Waals surface area contributed by atoms with Crippen molar-refractivity contribution in [3.8, 4) is 5.75 Å². The highest BCUT2D eigenvalue weighted by Gasteiger charge is 2.14. The molecule has 0 saturated carbocycles. The van der Waals surface area contributed by atoms with E-state index < -0.39 is 0 Å². The number of carbonyl (C=O) groups is 2. The Balaban J connectivity index is 1.52. The van der Waals surface area contributed by atoms with Gasteiger partial charge in [0.2, 0.25) is 0 Å². The molecular formula is C28H32N2O3. The number of carbonyl (C=O) groups excluding carboxylic acids is 2. The molecule has 0 atom stereocenters. The monoisotopic (exact) mass is 444 g/mol. The van der Waals surface area contributed by atoms with E-state index in [0.717, 1.165) is 38.1 Å². The zero-order valence-electron chi connectivity index (χ0n) is 19.4. The van der Waals surface area contributed by atoms with Crippen LogP contribution < -0.4 is 10.1 Å². The zero-order valence-corrected chi connectivity index (χ0v) is 19.4. The van der Waals surface area contributed by atoms with Crippen molar-refractivity contribution in [1.29, 1.82) is 0 Å². The van der Waals surface area contributed by atoms with Crippen LogP contribution in [0, 0.1) is 0 Å². The molecule has 3 aromatic carbocycles. The van der Waals surface area contributed by atoms with Gasteiger partial charge < -0.3 is 15.0 Å². The maximum absolute atomic E-state index is 12.7. The van der Waals surface area contributed by atoms with Gasteiger partial charge in [-0.25, -0.2) is 0 Å². The van der Waals surface area contributed by atoms with Crippen LogP contribution in [0.15, 0.2) is 78.9 Å². The normalized spacial score (nSPS) is 10.5. The van der Waals surface area contributed by atoms with E-state index in [4.69, 9.17) is 4.74 Å². The van der Waals surface area contributed by atoms with Gasteiger partial charge in [-0.05, 0) is 66.9 Å². The Hall–Kier alpha value is -3.60. The number of anilines is 1. The number of hydrogen-bond acceptors (Lipinski definition) is 3. The summed E-state index contributed by atoms with van der Waals surface area (Å²) < 4.78 is 5.78. The standard InChI is InChI=1S/C28H32N2O3/c1-3-19-30(20-4-2)28(32)24-10-14-25(15-11-24)29-27(31)23-12-16-26(17-13-23)33-21-18-22-8-6-5-7-9-22/h5-17H,3-4,18-21H2,1-2H3,(H,29,31). The molecule has 2 amide bonds. The van der Waals surface area contributed by atoms with Crippen molar-refractivity contribution in [1.82, 2.24) is 4.90 Å². The molecule has 172 valence electrons. The fourth-order valence-electron chi connectivity index (χ4n) is 3.57. The van der Waals surface area contributed by atoms with E-state index >= 15 is 0 Å². The summed E-state index contributed by atoms with van der Waals surface area (Å²) in [5.41, 5.74) is 3.05. The van der Waals surface area contributed by atoms with Gasteiger partial charge in [-0.2, -0.15) is 0 Å². The summed E-state index contributed by atoms with van der Waals surface area (Å²) in [4.78, 5) is 27.2. The fourth-order valence-corrected chi connectivity index (χ4v) is 3.57. The summed E-state index contributed by atoms with van der Waals surface area (Å²) in [6.07, 6.45) is 2.68. The first-order chi connectivity index (χ1) is 16.1. The third-order valence-corrected chi connectivity index (χ3v) is 5.28. The lowest BCUT2D eigenvalue weighted by atomic mass is 10.1. The van der Waals surface area contributed by atoms with Crippen molar-refractivity contribution in [2.75, 3.05) is 25.0 Å². The second-order valence-corrected chi connectivity index (χ2v) is 7.93. The summed E-state index contributed by atoms with van der Waals surface area (Å²) >= 11 is 0. The van der Waals surface area contributed by atoms with Crippen molar-refractivity contribution >= 4 is 17.5 Å². The Kier molecular flexibility index (Phi) is 9.07. The maximum atomic E-state index is 12.7. The van der Waals surface area contributed by atoms with E-state index in [9.17, 15) is 9.59 Å². The summed E-state index contributed by atoms with van der Waals surface area (Å²) in [5, 5.41) is 2.88. The van der Waals surface area contributed by atoms with Crippen LogP contribution in [0.5, 0.6) is 5.75 Å². The van der Waals surface area contributed by atoms with Crippen LogP contribution in [0.1, 0.15) is 53.0 Å². The molecule has 0 aliphatic carbocycles. The van der Waals surface area contributed by atoms with Crippen molar-refractivity contribution in [2.24, 2.45) is 0 Å². The number of benzene rings is 3. The topological polar surface area (TPSA) is 58.6 Å². The first kappa shape index (κ1) is 24.1. The summed E-state index contributed by atoms with van der Waals surface area (Å²) in [7, 11) is 0. The van der Waals surface area contributed by atoms with Crippen LogP contribution in [0.3, 0.4) is 0 Å². The molecule has 5 nitrogen and oxygen atoms in total. The van der Waals surface area contributed by atoms with Crippen LogP contribution in [-0.2, 0) is 6.42 Å². The summed E-state index contributed by atoms with van der Waals surface area (Å²) in [5.74, 6) is 0.553. The SMILES string of the molecule is CCCN(CCC)C(=O)c1ccc(NC(=O)c2ccc(OCCc3ccccc3)cc2)cc1. The van der Waals surface area contributed by atoms with Gasteiger partial charge in [-0.3, -0.25) is 9.59 Å². The van der Waals surface area contributed by atoms with Gasteiger partial charge in [0, 0.05) is 36.3 Å². The lowest BCUT2D eigenvalue weighted by Crippen LogP contribution is -2.32. The van der Waals surface area contributed by atoms with E-state index in [0.29, 0.717) is 23.4 Å². The van der Waals surface area contributed by atoms with E-state index in [1.807, 2.05) is 23.1 Å². The Labute approximate surface area is 196 Å². The van der Waals surface area contributed by atoms with E-state index in [-0.39, 0.29) is 11.8 Å². The quantitative estimate of drug-likeness (QED) is 0.405. The molecule has 0 spiro atoms. The van der Waals surface area contributed by atoms with E-state index in [1.54, 1.807) is 48.5 Å². The molecule has 0 bridgehead atoms. The van der Waals surface area contributed by atoms with Gasteiger partial charge in [0.15, 0.2) is 0 Å². The summed E-state index contributed by atoms with van der Waals surface area (Å²) in [6.45, 7) is 6.21. The van der Waals surface area contributed by atoms with Gasteiger partial charge in [0.1, 0.15) is 5.75 Å². The van der Waals surface area contributed by atoms with Gasteiger partial charge in [-0.15, -0.1) is 0 Å². The molecule has 0 aliphatic rings. The number of nitrogens with zero attached hydrogens (tertiary/aromatic N) is 1. The maximum Gasteiger partial charge on any atom is 0.255 e. The van der Waals surface area contributed by atoms with Gasteiger partial charge in [0.25, 0.3) is 11.8 Å². The van der Waals surface area contributed by atoms with Crippen molar-refractivity contribution in [2.45, 2.75) is 33.1 Å². The Morgan fingerprint density at radius 1 is 0.788 bits per heavy atom. The average Bonchev–Trinajstić information content (AvgIpc) is 2.85. The van der Waals surface area contributed by atoms with E-state index in [2.05, 4.69) is 31.3 Å². The number of nitrogens with one attached hydrogen (secondary N) is 1. The van der Waals surface area contributed by atoms with Crippen molar-refractivity contribution < 1.29 is 14.3 Å². The van der Waals surface area contributed by atoms with Crippen LogP contribution in [0.2, 0.25) is 0 Å². The molecule has 0 aliphatic heterocycles. The highest BCUT2D eigenvalue weighted by molar-refractivity contribution is 6.04. The highest BCUT2D eigenvalue weighted by Crippen LogP contribution is 2.16. The molecule has 0 aromatic heterocycles. The molecule has 5 heteroatoms. The minimum atomic E-state index is -0.205. The van der Waals surface area contributed by atoms with Crippen molar-refractivity contribution in [3.63, 3.8) is 0 Å². The second-order valence-electron chi connectivity index (χ2n) is 7.93. The van der Waals surface area contributed by atoms with Gasteiger partial charge in [-0.1, -0.05) is 44.2 Å². The van der Waals surface area contributed by atoms with Gasteiger partial charge in [0.05, 0.1) is 6.61 Å². The molecule has 0 fully saturated rings. The molecule has 33 heavy (non-hydrogen) atoms. The predicted molar refractivity (Wildman–Crippen MR) is 133 cm³/mol. The minimum absolute atomic E-state index is 0.0272. The first-order valence-electron chi connectivity index (χ1n) is 11.6. The first-order valence-corrected chi connectivity index (χ1v) is 11.6. The molecule has 0 saturated heterocycles. The third kappa shape index (κ3) is 7.21. The second kappa shape index (κ2) is 12.4. The number of amides is 2. The minimum Gasteiger partial charge on any atom is -0.493 e. The number of hydrogen-bond donors (Lipinski definition) is 1. The lowest BCUT2D eigenvalue weighted by Gasteiger charge is -2.21. The molecule has 1 N–H and O–H groups in total. The third-order valence-electron chi connectivity index (χ3n) is 5.28. The smallest absolute Gasteiger partial charge is 0.255 e. The van der Waals surface area contributed by atoms with E-state index in [1.165, 1.54) is 5.56 Å². The van der Waals surface area contributed by atoms with Crippen LogP contribution in [0.25, 0.3) is 0 Å². The Bertz CT molecular complexity index is 1010. The van der Waals surface area contributed by atoms with Crippen LogP contribution in [-0.4, -0.2) is 36.4 Å². The molecule has 0 heterocycles. The van der Waals surface area contributed by atoms with Gasteiger partial charge >= 0.3 is 0 Å². The molecule has 3 rings (SSSR count). The molecule has 0 radical (unpaired) electrons. The average molecular weight is 445 g/mol. The predicted octanol–water partition coefficient (Wildman–Crippen LogP) is 5.82. The summed E-state index contributed by atoms with van der Waals surface area (Å²) in [6, 6.07) is 24.3. The highest BCUT2D eigenvalue weighted by atomic mass is 16.5.